The quantitative estimate of drug-likeness (QED) is 0.409. The highest BCUT2D eigenvalue weighted by Crippen LogP contribution is 2.67. The Morgan fingerprint density at radius 2 is 1.88 bits per heavy atom. The number of allylic oxidation sites excluding steroid dienone is 2. The second-order valence-electron chi connectivity index (χ2n) is 13.2. The van der Waals surface area contributed by atoms with Gasteiger partial charge >= 0.3 is 0 Å². The lowest BCUT2D eigenvalue weighted by Crippen LogP contribution is -2.50. The van der Waals surface area contributed by atoms with Crippen LogP contribution in [0.3, 0.4) is 0 Å². The fourth-order valence-corrected chi connectivity index (χ4v) is 9.41. The van der Waals surface area contributed by atoms with Gasteiger partial charge in [0, 0.05) is 18.4 Å². The lowest BCUT2D eigenvalue weighted by Gasteiger charge is -2.58. The van der Waals surface area contributed by atoms with Crippen LogP contribution in [0.5, 0.6) is 0 Å². The van der Waals surface area contributed by atoms with E-state index in [0.29, 0.717) is 16.9 Å². The van der Waals surface area contributed by atoms with Crippen molar-refractivity contribution in [2.45, 2.75) is 111 Å². The number of rotatable bonds is 6. The minimum Gasteiger partial charge on any atom is -0.334 e. The van der Waals surface area contributed by atoms with Crippen molar-refractivity contribution in [3.8, 4) is 0 Å². The van der Waals surface area contributed by atoms with Gasteiger partial charge in [-0.3, -0.25) is 0 Å². The molecule has 0 spiro atoms. The summed E-state index contributed by atoms with van der Waals surface area (Å²) in [6, 6.07) is 0.629. The molecule has 0 unspecified atom stereocenters. The number of imidazole rings is 1. The van der Waals surface area contributed by atoms with Crippen LogP contribution in [0.4, 0.5) is 0 Å². The van der Waals surface area contributed by atoms with Gasteiger partial charge in [0.1, 0.15) is 0 Å². The molecular weight excluding hydrogens is 388 g/mol. The van der Waals surface area contributed by atoms with Gasteiger partial charge in [-0.2, -0.15) is 0 Å². The first-order valence-corrected chi connectivity index (χ1v) is 14.0. The molecule has 1 heterocycles. The zero-order valence-electron chi connectivity index (χ0n) is 21.5. The van der Waals surface area contributed by atoms with Crippen molar-refractivity contribution in [1.82, 2.24) is 9.55 Å². The molecule has 0 radical (unpaired) electrons. The van der Waals surface area contributed by atoms with Crippen LogP contribution in [-0.2, 0) is 0 Å². The van der Waals surface area contributed by atoms with Gasteiger partial charge < -0.3 is 4.57 Å². The largest absolute Gasteiger partial charge is 0.334 e. The van der Waals surface area contributed by atoms with Crippen molar-refractivity contribution in [2.24, 2.45) is 46.3 Å². The van der Waals surface area contributed by atoms with Crippen molar-refractivity contribution in [3.05, 3.63) is 30.4 Å². The normalized spacial score (nSPS) is 42.2. The molecule has 3 saturated carbocycles. The molecule has 0 aromatic carbocycles. The van der Waals surface area contributed by atoms with Gasteiger partial charge in [0.15, 0.2) is 0 Å². The van der Waals surface area contributed by atoms with E-state index in [1.165, 1.54) is 70.6 Å². The van der Waals surface area contributed by atoms with Crippen molar-refractivity contribution in [1.29, 1.82) is 0 Å². The molecular formula is C30H48N2. The fraction of sp³-hybridized carbons (Fsp3) is 0.833. The highest BCUT2D eigenvalue weighted by Gasteiger charge is 2.59. The van der Waals surface area contributed by atoms with E-state index >= 15 is 0 Å². The van der Waals surface area contributed by atoms with Crippen LogP contribution in [0.2, 0.25) is 0 Å². The van der Waals surface area contributed by atoms with E-state index in [1.54, 1.807) is 5.57 Å². The lowest BCUT2D eigenvalue weighted by molar-refractivity contribution is -0.0523. The molecule has 0 aliphatic heterocycles. The highest BCUT2D eigenvalue weighted by molar-refractivity contribution is 5.25. The first-order chi connectivity index (χ1) is 15.3. The van der Waals surface area contributed by atoms with Gasteiger partial charge in [-0.25, -0.2) is 4.98 Å². The van der Waals surface area contributed by atoms with E-state index in [2.05, 4.69) is 56.4 Å². The molecule has 0 amide bonds. The standard InChI is InChI=1S/C30H48N2/c1-21(2)7-6-8-22(3)26-11-12-27-25-10-9-23-19-24(32-18-17-31-20-32)13-15-29(23,4)28(25)14-16-30(26,27)5/h9,17-18,20-22,24-28H,6-8,10-16,19H2,1-5H3/t22-,24+,25+,26-,27+,28+,29+,30-/m1/s1. The van der Waals surface area contributed by atoms with Crippen LogP contribution in [-0.4, -0.2) is 9.55 Å². The molecule has 2 heteroatoms. The summed E-state index contributed by atoms with van der Waals surface area (Å²) in [5.41, 5.74) is 2.86. The molecule has 0 bridgehead atoms. The van der Waals surface area contributed by atoms with Crippen LogP contribution in [0.25, 0.3) is 0 Å². The Morgan fingerprint density at radius 1 is 1.03 bits per heavy atom. The average Bonchev–Trinajstić information content (AvgIpc) is 3.40. The Morgan fingerprint density at radius 3 is 2.62 bits per heavy atom. The van der Waals surface area contributed by atoms with E-state index in [0.717, 1.165) is 35.5 Å². The number of hydrogen-bond acceptors (Lipinski definition) is 1. The van der Waals surface area contributed by atoms with Crippen LogP contribution in [0.15, 0.2) is 30.4 Å². The predicted molar refractivity (Wildman–Crippen MR) is 134 cm³/mol. The van der Waals surface area contributed by atoms with E-state index in [1.807, 2.05) is 12.5 Å². The first kappa shape index (κ1) is 22.7. The second kappa shape index (κ2) is 8.62. The SMILES string of the molecule is CC(C)CCC[C@@H](C)[C@H]1CC[C@H]2[C@@H]3CC=C4C[C@@H](n5ccnc5)CC[C@]4(C)[C@H]3CC[C@]12C. The maximum atomic E-state index is 4.32. The third-order valence-electron chi connectivity index (χ3n) is 11.2. The van der Waals surface area contributed by atoms with Gasteiger partial charge in [-0.05, 0) is 97.7 Å². The summed E-state index contributed by atoms with van der Waals surface area (Å²) >= 11 is 0. The third kappa shape index (κ3) is 3.72. The average molecular weight is 437 g/mol. The Hall–Kier alpha value is -1.05. The first-order valence-electron chi connectivity index (χ1n) is 14.0. The Balaban J connectivity index is 1.31. The molecule has 4 aliphatic carbocycles. The molecule has 2 nitrogen and oxygen atoms in total. The maximum absolute atomic E-state index is 4.32. The summed E-state index contributed by atoms with van der Waals surface area (Å²) < 4.78 is 2.37. The predicted octanol–water partition coefficient (Wildman–Crippen LogP) is 8.47. The molecule has 0 N–H and O–H groups in total. The number of aromatic nitrogens is 2. The van der Waals surface area contributed by atoms with Crippen molar-refractivity contribution < 1.29 is 0 Å². The molecule has 178 valence electrons. The number of hydrogen-bond donors (Lipinski definition) is 0. The molecule has 1 aromatic rings. The highest BCUT2D eigenvalue weighted by atomic mass is 15.1. The Kier molecular flexibility index (Phi) is 6.13. The fourth-order valence-electron chi connectivity index (χ4n) is 9.41. The summed E-state index contributed by atoms with van der Waals surface area (Å²) in [4.78, 5) is 4.32. The van der Waals surface area contributed by atoms with Crippen molar-refractivity contribution in [3.63, 3.8) is 0 Å². The lowest BCUT2D eigenvalue weighted by atomic mass is 9.47. The minimum atomic E-state index is 0.461. The molecule has 8 atom stereocenters. The van der Waals surface area contributed by atoms with E-state index in [9.17, 15) is 0 Å². The van der Waals surface area contributed by atoms with Crippen LogP contribution in [0.1, 0.15) is 111 Å². The zero-order valence-corrected chi connectivity index (χ0v) is 21.5. The van der Waals surface area contributed by atoms with Gasteiger partial charge in [-0.15, -0.1) is 0 Å². The molecule has 0 saturated heterocycles. The Bertz CT molecular complexity index is 807. The van der Waals surface area contributed by atoms with E-state index in [-0.39, 0.29) is 0 Å². The summed E-state index contributed by atoms with van der Waals surface area (Å²) in [6.07, 6.45) is 24.5. The number of fused-ring (bicyclic) bond motifs is 5. The van der Waals surface area contributed by atoms with E-state index in [4.69, 9.17) is 0 Å². The monoisotopic (exact) mass is 436 g/mol. The number of nitrogens with zero attached hydrogens (tertiary/aromatic N) is 2. The van der Waals surface area contributed by atoms with Gasteiger partial charge in [-0.1, -0.05) is 65.5 Å². The maximum Gasteiger partial charge on any atom is 0.0948 e. The Labute approximate surface area is 197 Å². The molecule has 3 fully saturated rings. The van der Waals surface area contributed by atoms with E-state index < -0.39 is 0 Å². The molecule has 5 rings (SSSR count). The second-order valence-corrected chi connectivity index (χ2v) is 13.2. The summed E-state index contributed by atoms with van der Waals surface area (Å²) in [7, 11) is 0. The smallest absolute Gasteiger partial charge is 0.0948 e. The summed E-state index contributed by atoms with van der Waals surface area (Å²) in [6.45, 7) is 12.7. The van der Waals surface area contributed by atoms with Crippen molar-refractivity contribution in [2.75, 3.05) is 0 Å². The topological polar surface area (TPSA) is 17.8 Å². The zero-order chi connectivity index (χ0) is 22.5. The van der Waals surface area contributed by atoms with Crippen LogP contribution in [0, 0.1) is 46.3 Å². The van der Waals surface area contributed by atoms with Gasteiger partial charge in [0.05, 0.1) is 6.33 Å². The summed E-state index contributed by atoms with van der Waals surface area (Å²) in [5.74, 6) is 5.59. The van der Waals surface area contributed by atoms with Gasteiger partial charge in [0.25, 0.3) is 0 Å². The van der Waals surface area contributed by atoms with Crippen LogP contribution >= 0.6 is 0 Å². The van der Waals surface area contributed by atoms with Crippen molar-refractivity contribution >= 4 is 0 Å². The molecule has 1 aromatic heterocycles. The summed E-state index contributed by atoms with van der Waals surface area (Å²) in [5, 5.41) is 0. The van der Waals surface area contributed by atoms with Crippen LogP contribution < -0.4 is 0 Å². The minimum absolute atomic E-state index is 0.461. The third-order valence-corrected chi connectivity index (χ3v) is 11.2. The van der Waals surface area contributed by atoms with Gasteiger partial charge in [0.2, 0.25) is 0 Å². The molecule has 32 heavy (non-hydrogen) atoms. The molecule has 4 aliphatic rings.